The van der Waals surface area contributed by atoms with Crippen molar-refractivity contribution in [2.45, 2.75) is 37.9 Å². The summed E-state index contributed by atoms with van der Waals surface area (Å²) < 4.78 is 22.8. The molecule has 4 aromatic rings. The van der Waals surface area contributed by atoms with Crippen LogP contribution in [0.1, 0.15) is 31.7 Å². The molecule has 6 rings (SSSR count). The molecule has 9 heteroatoms. The van der Waals surface area contributed by atoms with E-state index >= 15 is 0 Å². The Morgan fingerprint density at radius 3 is 2.74 bits per heavy atom. The van der Waals surface area contributed by atoms with E-state index in [9.17, 15) is 9.18 Å². The number of aromatic nitrogens is 5. The molecule has 174 valence electrons. The van der Waals surface area contributed by atoms with Crippen molar-refractivity contribution in [1.82, 2.24) is 24.5 Å². The van der Waals surface area contributed by atoms with Gasteiger partial charge in [-0.15, -0.1) is 0 Å². The molecule has 0 atom stereocenters. The molecule has 0 spiro atoms. The lowest BCUT2D eigenvalue weighted by Gasteiger charge is -2.29. The van der Waals surface area contributed by atoms with Gasteiger partial charge in [-0.25, -0.2) is 9.37 Å². The maximum Gasteiger partial charge on any atom is 0.228 e. The molecule has 34 heavy (non-hydrogen) atoms. The second-order valence-corrected chi connectivity index (χ2v) is 9.14. The molecule has 0 radical (unpaired) electrons. The van der Waals surface area contributed by atoms with Crippen LogP contribution >= 0.6 is 0 Å². The Bertz CT molecular complexity index is 1400. The first-order valence-corrected chi connectivity index (χ1v) is 11.5. The van der Waals surface area contributed by atoms with E-state index in [1.54, 1.807) is 24.2 Å². The van der Waals surface area contributed by atoms with Gasteiger partial charge >= 0.3 is 0 Å². The van der Waals surface area contributed by atoms with Crippen LogP contribution in [0.3, 0.4) is 0 Å². The average molecular weight is 461 g/mol. The average Bonchev–Trinajstić information content (AvgIpc) is 3.48. The molecule has 0 aliphatic heterocycles. The molecule has 2 aliphatic rings. The van der Waals surface area contributed by atoms with Gasteiger partial charge in [-0.05, 0) is 25.0 Å². The number of pyridine rings is 1. The van der Waals surface area contributed by atoms with Gasteiger partial charge in [0.25, 0.3) is 0 Å². The smallest absolute Gasteiger partial charge is 0.228 e. The minimum Gasteiger partial charge on any atom is -0.495 e. The molecule has 2 aliphatic carbocycles. The number of amides is 1. The number of benzene rings is 1. The fourth-order valence-electron chi connectivity index (χ4n) is 4.58. The van der Waals surface area contributed by atoms with Crippen LogP contribution in [0, 0.1) is 5.92 Å². The van der Waals surface area contributed by atoms with Crippen molar-refractivity contribution in [3.05, 3.63) is 42.9 Å². The lowest BCUT2D eigenvalue weighted by molar-refractivity contribution is -0.117. The number of rotatable bonds is 6. The number of anilines is 1. The zero-order chi connectivity index (χ0) is 23.4. The van der Waals surface area contributed by atoms with Crippen molar-refractivity contribution in [3.63, 3.8) is 0 Å². The van der Waals surface area contributed by atoms with Crippen LogP contribution in [0.25, 0.3) is 33.3 Å². The number of alkyl halides is 1. The van der Waals surface area contributed by atoms with Crippen LogP contribution in [0.4, 0.5) is 10.2 Å². The Labute approximate surface area is 195 Å². The summed E-state index contributed by atoms with van der Waals surface area (Å²) in [4.78, 5) is 16.7. The molecule has 1 aromatic carbocycles. The predicted octanol–water partition coefficient (Wildman–Crippen LogP) is 4.53. The number of carbonyl (C=O) groups is 1. The molecule has 1 amide bonds. The Hall–Kier alpha value is -3.75. The number of ether oxygens (including phenoxy) is 1. The zero-order valence-electron chi connectivity index (χ0n) is 19.0. The first-order valence-electron chi connectivity index (χ1n) is 11.5. The number of hydrogen-bond acceptors (Lipinski definition) is 5. The van der Waals surface area contributed by atoms with Crippen LogP contribution < -0.4 is 10.1 Å². The topological polar surface area (TPSA) is 86.9 Å². The van der Waals surface area contributed by atoms with Gasteiger partial charge in [-0.2, -0.15) is 10.2 Å². The highest BCUT2D eigenvalue weighted by Gasteiger charge is 2.31. The Morgan fingerprint density at radius 1 is 1.21 bits per heavy atom. The summed E-state index contributed by atoms with van der Waals surface area (Å²) in [5.74, 6) is 1.31. The standard InChI is InChI=1S/C25H25FN6O2/c1-31-21-12-27-22(29-25(33)14-6-7-14)10-20(21)23(30-31)19-5-3-4-18(24(19)34-2)15-11-28-32(13-15)17-8-16(26)9-17/h3-5,10-14,16-17H,6-9H2,1-2H3,(H,27,29,33). The highest BCUT2D eigenvalue weighted by atomic mass is 19.1. The third kappa shape index (κ3) is 3.52. The number of fused-ring (bicyclic) bond motifs is 1. The normalized spacial score (nSPS) is 19.7. The molecule has 0 saturated heterocycles. The van der Waals surface area contributed by atoms with Crippen LogP contribution in [0.5, 0.6) is 5.75 Å². The minimum absolute atomic E-state index is 0.0134. The van der Waals surface area contributed by atoms with E-state index in [1.165, 1.54) is 0 Å². The summed E-state index contributed by atoms with van der Waals surface area (Å²) in [6.07, 6.45) is 7.61. The molecule has 3 heterocycles. The zero-order valence-corrected chi connectivity index (χ0v) is 19.0. The molecule has 1 N–H and O–H groups in total. The van der Waals surface area contributed by atoms with E-state index in [-0.39, 0.29) is 17.9 Å². The van der Waals surface area contributed by atoms with E-state index in [0.717, 1.165) is 46.1 Å². The molecular formula is C25H25FN6O2. The van der Waals surface area contributed by atoms with Crippen LogP contribution in [0.15, 0.2) is 42.9 Å². The number of methoxy groups -OCH3 is 1. The van der Waals surface area contributed by atoms with Gasteiger partial charge < -0.3 is 10.1 Å². The monoisotopic (exact) mass is 460 g/mol. The van der Waals surface area contributed by atoms with Gasteiger partial charge in [0, 0.05) is 54.1 Å². The summed E-state index contributed by atoms with van der Waals surface area (Å²) in [6.45, 7) is 0. The quantitative estimate of drug-likeness (QED) is 0.457. The first-order chi connectivity index (χ1) is 16.5. The minimum atomic E-state index is -0.735. The number of halogens is 1. The fraction of sp³-hybridized carbons (Fsp3) is 0.360. The van der Waals surface area contributed by atoms with Crippen molar-refractivity contribution < 1.29 is 13.9 Å². The third-order valence-corrected chi connectivity index (χ3v) is 6.75. The van der Waals surface area contributed by atoms with Gasteiger partial charge in [-0.3, -0.25) is 14.2 Å². The van der Waals surface area contributed by atoms with Gasteiger partial charge in [0.15, 0.2) is 0 Å². The summed E-state index contributed by atoms with van der Waals surface area (Å²) in [7, 11) is 3.51. The predicted molar refractivity (Wildman–Crippen MR) is 126 cm³/mol. The Morgan fingerprint density at radius 2 is 2.00 bits per heavy atom. The number of aryl methyl sites for hydroxylation is 1. The summed E-state index contributed by atoms with van der Waals surface area (Å²) >= 11 is 0. The number of nitrogens with zero attached hydrogens (tertiary/aromatic N) is 5. The summed E-state index contributed by atoms with van der Waals surface area (Å²) in [6, 6.07) is 7.89. The fourth-order valence-corrected chi connectivity index (χ4v) is 4.58. The molecule has 0 unspecified atom stereocenters. The van der Waals surface area contributed by atoms with E-state index in [1.807, 2.05) is 42.2 Å². The SMILES string of the molecule is COc1c(-c2cnn(C3CC(F)C3)c2)cccc1-c1nn(C)c2cnc(NC(=O)C3CC3)cc12. The molecule has 0 bridgehead atoms. The van der Waals surface area contributed by atoms with Gasteiger partial charge in [0.2, 0.25) is 5.91 Å². The van der Waals surface area contributed by atoms with Crippen LogP contribution in [-0.4, -0.2) is 43.7 Å². The van der Waals surface area contributed by atoms with Crippen molar-refractivity contribution in [1.29, 1.82) is 0 Å². The van der Waals surface area contributed by atoms with Crippen molar-refractivity contribution in [3.8, 4) is 28.1 Å². The number of hydrogen-bond donors (Lipinski definition) is 1. The van der Waals surface area contributed by atoms with Crippen LogP contribution in [-0.2, 0) is 11.8 Å². The van der Waals surface area contributed by atoms with E-state index < -0.39 is 6.17 Å². The van der Waals surface area contributed by atoms with E-state index in [0.29, 0.717) is 24.4 Å². The highest BCUT2D eigenvalue weighted by molar-refractivity contribution is 6.00. The molecule has 2 saturated carbocycles. The van der Waals surface area contributed by atoms with Gasteiger partial charge in [0.1, 0.15) is 23.4 Å². The number of carbonyl (C=O) groups excluding carboxylic acids is 1. The maximum absolute atomic E-state index is 13.3. The lowest BCUT2D eigenvalue weighted by Crippen LogP contribution is -2.28. The lowest BCUT2D eigenvalue weighted by atomic mass is 9.91. The molecule has 3 aromatic heterocycles. The first kappa shape index (κ1) is 20.8. The third-order valence-electron chi connectivity index (χ3n) is 6.75. The van der Waals surface area contributed by atoms with E-state index in [4.69, 9.17) is 9.84 Å². The maximum atomic E-state index is 13.3. The largest absolute Gasteiger partial charge is 0.495 e. The Balaban J connectivity index is 1.41. The summed E-state index contributed by atoms with van der Waals surface area (Å²) in [5.41, 5.74) is 4.21. The van der Waals surface area contributed by atoms with Gasteiger partial charge in [0.05, 0.1) is 31.1 Å². The highest BCUT2D eigenvalue weighted by Crippen LogP contribution is 2.42. The van der Waals surface area contributed by atoms with Crippen molar-refractivity contribution >= 4 is 22.6 Å². The second kappa shape index (κ2) is 7.93. The van der Waals surface area contributed by atoms with Crippen molar-refractivity contribution in [2.75, 3.05) is 12.4 Å². The van der Waals surface area contributed by atoms with Gasteiger partial charge in [-0.1, -0.05) is 12.1 Å². The number of nitrogens with one attached hydrogen (secondary N) is 1. The molecular weight excluding hydrogens is 435 g/mol. The summed E-state index contributed by atoms with van der Waals surface area (Å²) in [5, 5.41) is 13.0. The van der Waals surface area contributed by atoms with Crippen LogP contribution in [0.2, 0.25) is 0 Å². The molecule has 8 nitrogen and oxygen atoms in total. The second-order valence-electron chi connectivity index (χ2n) is 9.14. The van der Waals surface area contributed by atoms with Crippen molar-refractivity contribution in [2.24, 2.45) is 13.0 Å². The Kier molecular flexibility index (Phi) is 4.86. The van der Waals surface area contributed by atoms with E-state index in [2.05, 4.69) is 15.4 Å². The number of para-hydroxylation sites is 1. The molecule has 2 fully saturated rings.